The van der Waals surface area contributed by atoms with E-state index in [1.54, 1.807) is 0 Å². The highest BCUT2D eigenvalue weighted by Crippen LogP contribution is 2.42. The molecule has 0 atom stereocenters. The largest absolute Gasteiger partial charge is 0.301 e. The summed E-state index contributed by atoms with van der Waals surface area (Å²) in [5.41, 5.74) is 1.84. The Morgan fingerprint density at radius 1 is 1.56 bits per heavy atom. The molecule has 0 aromatic carbocycles. The van der Waals surface area contributed by atoms with Gasteiger partial charge in [-0.2, -0.15) is 5.10 Å². The molecular formula is C12H20BrN3. The third-order valence-corrected chi connectivity index (χ3v) is 4.70. The topological polar surface area (TPSA) is 21.1 Å². The smallest absolute Gasteiger partial charge is 0.0534 e. The second kappa shape index (κ2) is 4.88. The Hall–Kier alpha value is -0.350. The molecule has 0 saturated heterocycles. The van der Waals surface area contributed by atoms with Gasteiger partial charge in [0.1, 0.15) is 0 Å². The Bertz CT molecular complexity index is 338. The highest BCUT2D eigenvalue weighted by Gasteiger charge is 2.36. The Morgan fingerprint density at radius 3 is 2.75 bits per heavy atom. The summed E-state index contributed by atoms with van der Waals surface area (Å²) in [6.07, 6.45) is 8.19. The van der Waals surface area contributed by atoms with Crippen molar-refractivity contribution in [2.45, 2.75) is 25.8 Å². The second-order valence-electron chi connectivity index (χ2n) is 5.18. The maximum atomic E-state index is 4.20. The third-order valence-electron chi connectivity index (χ3n) is 3.51. The lowest BCUT2D eigenvalue weighted by atomic mass is 9.70. The van der Waals surface area contributed by atoms with Crippen molar-refractivity contribution in [3.8, 4) is 0 Å². The minimum Gasteiger partial charge on any atom is -0.301 e. The van der Waals surface area contributed by atoms with Crippen LogP contribution < -0.4 is 0 Å². The molecule has 1 aromatic heterocycles. The van der Waals surface area contributed by atoms with E-state index in [0.29, 0.717) is 5.41 Å². The van der Waals surface area contributed by atoms with Crippen LogP contribution in [0.2, 0.25) is 0 Å². The predicted octanol–water partition coefficient (Wildman–Crippen LogP) is 2.42. The first-order valence-corrected chi connectivity index (χ1v) is 6.98. The molecule has 16 heavy (non-hydrogen) atoms. The van der Waals surface area contributed by atoms with Crippen molar-refractivity contribution >= 4 is 15.9 Å². The van der Waals surface area contributed by atoms with Crippen LogP contribution in [0.5, 0.6) is 0 Å². The van der Waals surface area contributed by atoms with Gasteiger partial charge in [-0.25, -0.2) is 0 Å². The molecule has 0 radical (unpaired) electrons. The molecule has 0 spiro atoms. The summed E-state index contributed by atoms with van der Waals surface area (Å²) in [4.78, 5) is 2.41. The molecule has 0 amide bonds. The van der Waals surface area contributed by atoms with Gasteiger partial charge < -0.3 is 4.90 Å². The molecule has 0 unspecified atom stereocenters. The first-order valence-electron chi connectivity index (χ1n) is 5.86. The first-order chi connectivity index (χ1) is 7.63. The van der Waals surface area contributed by atoms with Gasteiger partial charge in [0.25, 0.3) is 0 Å². The van der Waals surface area contributed by atoms with Crippen LogP contribution in [0.4, 0.5) is 0 Å². The number of aryl methyl sites for hydroxylation is 1. The van der Waals surface area contributed by atoms with Crippen LogP contribution in [-0.2, 0) is 13.6 Å². The van der Waals surface area contributed by atoms with Gasteiger partial charge in [-0.3, -0.25) is 4.68 Å². The molecule has 0 bridgehead atoms. The van der Waals surface area contributed by atoms with E-state index in [2.05, 4.69) is 39.2 Å². The van der Waals surface area contributed by atoms with E-state index in [1.165, 1.54) is 31.4 Å². The minimum atomic E-state index is 0.539. The summed E-state index contributed by atoms with van der Waals surface area (Å²) in [5.74, 6) is 0. The highest BCUT2D eigenvalue weighted by atomic mass is 79.9. The molecule has 3 nitrogen and oxygen atoms in total. The number of aromatic nitrogens is 2. The molecule has 1 saturated carbocycles. The van der Waals surface area contributed by atoms with E-state index >= 15 is 0 Å². The first kappa shape index (κ1) is 12.1. The van der Waals surface area contributed by atoms with Gasteiger partial charge in [-0.05, 0) is 25.3 Å². The zero-order valence-electron chi connectivity index (χ0n) is 10.1. The van der Waals surface area contributed by atoms with E-state index in [1.807, 2.05) is 17.9 Å². The molecule has 4 heteroatoms. The Kier molecular flexibility index (Phi) is 3.70. The van der Waals surface area contributed by atoms with Crippen LogP contribution in [0.15, 0.2) is 12.4 Å². The van der Waals surface area contributed by atoms with Gasteiger partial charge >= 0.3 is 0 Å². The van der Waals surface area contributed by atoms with Crippen LogP contribution >= 0.6 is 15.9 Å². The molecule has 0 N–H and O–H groups in total. The van der Waals surface area contributed by atoms with Gasteiger partial charge in [-0.1, -0.05) is 22.4 Å². The molecule has 1 fully saturated rings. The van der Waals surface area contributed by atoms with Crippen LogP contribution in [0.1, 0.15) is 24.8 Å². The standard InChI is InChI=1S/C12H20BrN3/c1-15(7-11-6-14-16(2)8-11)10-12(9-13)4-3-5-12/h6,8H,3-5,7,9-10H2,1-2H3. The van der Waals surface area contributed by atoms with Crippen molar-refractivity contribution in [1.29, 1.82) is 0 Å². The fourth-order valence-electron chi connectivity index (χ4n) is 2.50. The Balaban J connectivity index is 1.86. The number of nitrogens with zero attached hydrogens (tertiary/aromatic N) is 3. The van der Waals surface area contributed by atoms with E-state index in [9.17, 15) is 0 Å². The fraction of sp³-hybridized carbons (Fsp3) is 0.750. The zero-order chi connectivity index (χ0) is 11.6. The van der Waals surface area contributed by atoms with Gasteiger partial charge in [0.2, 0.25) is 0 Å². The summed E-state index contributed by atoms with van der Waals surface area (Å²) >= 11 is 3.66. The Morgan fingerprint density at radius 2 is 2.31 bits per heavy atom. The van der Waals surface area contributed by atoms with Crippen molar-refractivity contribution in [1.82, 2.24) is 14.7 Å². The van der Waals surface area contributed by atoms with Crippen molar-refractivity contribution in [2.24, 2.45) is 12.5 Å². The summed E-state index contributed by atoms with van der Waals surface area (Å²) < 4.78 is 1.87. The van der Waals surface area contributed by atoms with Crippen LogP contribution in [0.3, 0.4) is 0 Å². The van der Waals surface area contributed by atoms with E-state index in [4.69, 9.17) is 0 Å². The van der Waals surface area contributed by atoms with E-state index < -0.39 is 0 Å². The maximum absolute atomic E-state index is 4.20. The number of rotatable bonds is 5. The average Bonchev–Trinajstić information content (AvgIpc) is 2.57. The molecule has 2 rings (SSSR count). The molecule has 1 aromatic rings. The van der Waals surface area contributed by atoms with Crippen molar-refractivity contribution in [2.75, 3.05) is 18.9 Å². The van der Waals surface area contributed by atoms with Crippen LogP contribution in [0, 0.1) is 5.41 Å². The zero-order valence-corrected chi connectivity index (χ0v) is 11.7. The minimum absolute atomic E-state index is 0.539. The van der Waals surface area contributed by atoms with Crippen LogP contribution in [-0.4, -0.2) is 33.6 Å². The summed E-state index contributed by atoms with van der Waals surface area (Å²) in [5, 5.41) is 5.34. The number of halogens is 1. The molecular weight excluding hydrogens is 266 g/mol. The second-order valence-corrected chi connectivity index (χ2v) is 5.74. The lowest BCUT2D eigenvalue weighted by Gasteiger charge is -2.43. The monoisotopic (exact) mass is 285 g/mol. The van der Waals surface area contributed by atoms with Gasteiger partial charge in [-0.15, -0.1) is 0 Å². The molecule has 1 aliphatic rings. The van der Waals surface area contributed by atoms with Gasteiger partial charge in [0, 0.05) is 37.2 Å². The lowest BCUT2D eigenvalue weighted by molar-refractivity contribution is 0.102. The SMILES string of the molecule is CN(Cc1cnn(C)c1)CC1(CBr)CCC1. The molecule has 90 valence electrons. The maximum Gasteiger partial charge on any atom is 0.0534 e. The number of alkyl halides is 1. The quantitative estimate of drug-likeness (QED) is 0.775. The normalized spacial score (nSPS) is 18.8. The summed E-state index contributed by atoms with van der Waals surface area (Å²) in [7, 11) is 4.17. The highest BCUT2D eigenvalue weighted by molar-refractivity contribution is 9.09. The van der Waals surface area contributed by atoms with Gasteiger partial charge in [0.05, 0.1) is 6.20 Å². The molecule has 1 aliphatic carbocycles. The fourth-order valence-corrected chi connectivity index (χ4v) is 3.24. The lowest BCUT2D eigenvalue weighted by Crippen LogP contribution is -2.41. The average molecular weight is 286 g/mol. The van der Waals surface area contributed by atoms with E-state index in [0.717, 1.165) is 11.9 Å². The number of hydrogen-bond donors (Lipinski definition) is 0. The van der Waals surface area contributed by atoms with E-state index in [-0.39, 0.29) is 0 Å². The summed E-state index contributed by atoms with van der Waals surface area (Å²) in [6, 6.07) is 0. The Labute approximate surface area is 106 Å². The summed E-state index contributed by atoms with van der Waals surface area (Å²) in [6.45, 7) is 2.19. The van der Waals surface area contributed by atoms with Gasteiger partial charge in [0.15, 0.2) is 0 Å². The van der Waals surface area contributed by atoms with Crippen molar-refractivity contribution < 1.29 is 0 Å². The van der Waals surface area contributed by atoms with Crippen LogP contribution in [0.25, 0.3) is 0 Å². The van der Waals surface area contributed by atoms with Crippen molar-refractivity contribution in [3.63, 3.8) is 0 Å². The van der Waals surface area contributed by atoms with Crippen molar-refractivity contribution in [3.05, 3.63) is 18.0 Å². The third kappa shape index (κ3) is 2.66. The predicted molar refractivity (Wildman–Crippen MR) is 69.6 cm³/mol. The molecule has 0 aliphatic heterocycles. The molecule has 1 heterocycles. The number of hydrogen-bond acceptors (Lipinski definition) is 2.